The number of hydrogen-bond donors (Lipinski definition) is 1. The van der Waals surface area contributed by atoms with Gasteiger partial charge in [0.05, 0.1) is 16.2 Å². The minimum absolute atomic E-state index is 0.102. The Morgan fingerprint density at radius 3 is 2.50 bits per heavy atom. The Morgan fingerprint density at radius 2 is 1.90 bits per heavy atom. The number of carbonyl (C=O) groups is 1. The highest BCUT2D eigenvalue weighted by molar-refractivity contribution is 6.33. The topological polar surface area (TPSA) is 40.5 Å². The van der Waals surface area contributed by atoms with E-state index in [1.807, 2.05) is 0 Å². The van der Waals surface area contributed by atoms with Gasteiger partial charge in [-0.25, -0.2) is 8.78 Å². The van der Waals surface area contributed by atoms with Gasteiger partial charge < -0.3 is 10.0 Å². The molecule has 0 radical (unpaired) electrons. The van der Waals surface area contributed by atoms with Crippen LogP contribution in [0.4, 0.5) is 8.78 Å². The minimum atomic E-state index is -1.12. The zero-order valence-electron chi connectivity index (χ0n) is 11.1. The standard InChI is InChI=1S/C14H16ClF2NO2/c1-18(8-14(20)4-2-3-5-14)13(19)9-6-11(16)12(17)7-10(9)15/h6-7,20H,2-5,8H2,1H3. The molecule has 0 unspecified atom stereocenters. The third kappa shape index (κ3) is 3.10. The van der Waals surface area contributed by atoms with E-state index in [1.165, 1.54) is 11.9 Å². The van der Waals surface area contributed by atoms with Gasteiger partial charge in [0.25, 0.3) is 5.91 Å². The Kier molecular flexibility index (Phi) is 4.30. The lowest BCUT2D eigenvalue weighted by atomic mass is 10.0. The summed E-state index contributed by atoms with van der Waals surface area (Å²) < 4.78 is 26.2. The van der Waals surface area contributed by atoms with E-state index >= 15 is 0 Å². The van der Waals surface area contributed by atoms with Crippen LogP contribution in [0, 0.1) is 11.6 Å². The SMILES string of the molecule is CN(CC1(O)CCCC1)C(=O)c1cc(F)c(F)cc1Cl. The summed E-state index contributed by atoms with van der Waals surface area (Å²) in [5, 5.41) is 10.1. The van der Waals surface area contributed by atoms with Crippen molar-refractivity contribution in [1.29, 1.82) is 0 Å². The minimum Gasteiger partial charge on any atom is -0.388 e. The van der Waals surface area contributed by atoms with Gasteiger partial charge in [-0.05, 0) is 25.0 Å². The number of amides is 1. The third-order valence-corrected chi connectivity index (χ3v) is 3.97. The molecular formula is C14H16ClF2NO2. The lowest BCUT2D eigenvalue weighted by Crippen LogP contribution is -2.42. The number of hydrogen-bond acceptors (Lipinski definition) is 2. The zero-order valence-corrected chi connectivity index (χ0v) is 11.9. The number of halogens is 3. The Balaban J connectivity index is 2.16. The Hall–Kier alpha value is -1.20. The van der Waals surface area contributed by atoms with Gasteiger partial charge in [0, 0.05) is 13.6 Å². The van der Waals surface area contributed by atoms with E-state index in [0.29, 0.717) is 12.8 Å². The van der Waals surface area contributed by atoms with Crippen LogP contribution in [0.5, 0.6) is 0 Å². The highest BCUT2D eigenvalue weighted by Gasteiger charge is 2.34. The molecule has 1 saturated carbocycles. The van der Waals surface area contributed by atoms with Gasteiger partial charge in [0.15, 0.2) is 11.6 Å². The summed E-state index contributed by atoms with van der Waals surface area (Å²) in [5.74, 6) is -2.75. The van der Waals surface area contributed by atoms with Crippen molar-refractivity contribution >= 4 is 17.5 Å². The van der Waals surface area contributed by atoms with Crippen LogP contribution in [0.1, 0.15) is 36.0 Å². The van der Waals surface area contributed by atoms with Gasteiger partial charge in [0.2, 0.25) is 0 Å². The normalized spacial score (nSPS) is 17.2. The first-order valence-electron chi connectivity index (χ1n) is 6.45. The molecule has 1 fully saturated rings. The molecule has 2 rings (SSSR count). The van der Waals surface area contributed by atoms with E-state index in [9.17, 15) is 18.7 Å². The quantitative estimate of drug-likeness (QED) is 0.872. The van der Waals surface area contributed by atoms with Crippen molar-refractivity contribution < 1.29 is 18.7 Å². The van der Waals surface area contributed by atoms with Crippen molar-refractivity contribution in [3.63, 3.8) is 0 Å². The van der Waals surface area contributed by atoms with E-state index in [1.54, 1.807) is 0 Å². The summed E-state index contributed by atoms with van der Waals surface area (Å²) in [7, 11) is 1.51. The maximum absolute atomic E-state index is 13.2. The number of nitrogens with zero attached hydrogens (tertiary/aromatic N) is 1. The molecule has 0 saturated heterocycles. The molecule has 3 nitrogen and oxygen atoms in total. The van der Waals surface area contributed by atoms with Crippen LogP contribution in [-0.4, -0.2) is 35.1 Å². The lowest BCUT2D eigenvalue weighted by Gasteiger charge is -2.28. The molecule has 1 amide bonds. The second-order valence-electron chi connectivity index (χ2n) is 5.34. The van der Waals surface area contributed by atoms with Crippen molar-refractivity contribution in [1.82, 2.24) is 4.90 Å². The van der Waals surface area contributed by atoms with Crippen molar-refractivity contribution in [3.05, 3.63) is 34.4 Å². The fraction of sp³-hybridized carbons (Fsp3) is 0.500. The molecule has 0 heterocycles. The highest BCUT2D eigenvalue weighted by Crippen LogP contribution is 2.30. The molecular weight excluding hydrogens is 288 g/mol. The summed E-state index contributed by atoms with van der Waals surface area (Å²) in [4.78, 5) is 13.5. The summed E-state index contributed by atoms with van der Waals surface area (Å²) >= 11 is 5.78. The predicted molar refractivity (Wildman–Crippen MR) is 71.7 cm³/mol. The highest BCUT2D eigenvalue weighted by atomic mass is 35.5. The molecule has 6 heteroatoms. The molecule has 1 aliphatic carbocycles. The fourth-order valence-corrected chi connectivity index (χ4v) is 2.83. The molecule has 1 aliphatic rings. The van der Waals surface area contributed by atoms with Gasteiger partial charge in [-0.2, -0.15) is 0 Å². The average Bonchev–Trinajstić information content (AvgIpc) is 2.79. The number of benzene rings is 1. The van der Waals surface area contributed by atoms with E-state index in [-0.39, 0.29) is 17.1 Å². The molecule has 1 aromatic rings. The van der Waals surface area contributed by atoms with Crippen LogP contribution in [0.3, 0.4) is 0 Å². The molecule has 1 N–H and O–H groups in total. The van der Waals surface area contributed by atoms with Gasteiger partial charge >= 0.3 is 0 Å². The summed E-state index contributed by atoms with van der Waals surface area (Å²) in [6.45, 7) is 0.154. The molecule has 0 bridgehead atoms. The van der Waals surface area contributed by atoms with E-state index in [4.69, 9.17) is 11.6 Å². The Morgan fingerprint density at radius 1 is 1.35 bits per heavy atom. The monoisotopic (exact) mass is 303 g/mol. The van der Waals surface area contributed by atoms with E-state index in [2.05, 4.69) is 0 Å². The van der Waals surface area contributed by atoms with E-state index in [0.717, 1.165) is 25.0 Å². The van der Waals surface area contributed by atoms with Crippen molar-refractivity contribution in [2.45, 2.75) is 31.3 Å². The van der Waals surface area contributed by atoms with Gasteiger partial charge in [-0.15, -0.1) is 0 Å². The molecule has 0 spiro atoms. The van der Waals surface area contributed by atoms with Crippen LogP contribution in [0.25, 0.3) is 0 Å². The second kappa shape index (κ2) is 5.66. The van der Waals surface area contributed by atoms with E-state index < -0.39 is 23.1 Å². The van der Waals surface area contributed by atoms with Crippen LogP contribution in [0.15, 0.2) is 12.1 Å². The summed E-state index contributed by atoms with van der Waals surface area (Å²) in [6.07, 6.45) is 3.11. The molecule has 0 aliphatic heterocycles. The van der Waals surface area contributed by atoms with Crippen molar-refractivity contribution in [2.75, 3.05) is 13.6 Å². The first kappa shape index (κ1) is 15.2. The molecule has 110 valence electrons. The first-order chi connectivity index (χ1) is 9.32. The summed E-state index contributed by atoms with van der Waals surface area (Å²) in [5.41, 5.74) is -0.996. The maximum atomic E-state index is 13.2. The number of likely N-dealkylation sites (N-methyl/N-ethyl adjacent to an activating group) is 1. The number of aliphatic hydroxyl groups is 1. The smallest absolute Gasteiger partial charge is 0.255 e. The molecule has 1 aromatic carbocycles. The lowest BCUT2D eigenvalue weighted by molar-refractivity contribution is 0.0156. The number of carbonyl (C=O) groups excluding carboxylic acids is 1. The third-order valence-electron chi connectivity index (χ3n) is 3.65. The van der Waals surface area contributed by atoms with Crippen LogP contribution in [-0.2, 0) is 0 Å². The fourth-order valence-electron chi connectivity index (χ4n) is 2.60. The molecule has 0 atom stereocenters. The molecule has 20 heavy (non-hydrogen) atoms. The van der Waals surface area contributed by atoms with Crippen LogP contribution >= 0.6 is 11.6 Å². The maximum Gasteiger partial charge on any atom is 0.255 e. The Labute approximate surface area is 121 Å². The van der Waals surface area contributed by atoms with Crippen LogP contribution < -0.4 is 0 Å². The largest absolute Gasteiger partial charge is 0.388 e. The molecule has 0 aromatic heterocycles. The van der Waals surface area contributed by atoms with Crippen LogP contribution in [0.2, 0.25) is 5.02 Å². The zero-order chi connectivity index (χ0) is 14.9. The van der Waals surface area contributed by atoms with Crippen molar-refractivity contribution in [2.24, 2.45) is 0 Å². The van der Waals surface area contributed by atoms with Gasteiger partial charge in [-0.3, -0.25) is 4.79 Å². The second-order valence-corrected chi connectivity index (χ2v) is 5.75. The first-order valence-corrected chi connectivity index (χ1v) is 6.83. The Bertz CT molecular complexity index is 530. The predicted octanol–water partition coefficient (Wildman–Crippen LogP) is 3.00. The average molecular weight is 304 g/mol. The van der Waals surface area contributed by atoms with Gasteiger partial charge in [0.1, 0.15) is 0 Å². The van der Waals surface area contributed by atoms with Crippen molar-refractivity contribution in [3.8, 4) is 0 Å². The summed E-state index contributed by atoms with van der Waals surface area (Å²) in [6, 6.07) is 1.57. The van der Waals surface area contributed by atoms with Gasteiger partial charge in [-0.1, -0.05) is 24.4 Å². The number of rotatable bonds is 3.